The Hall–Kier alpha value is -1.87. The summed E-state index contributed by atoms with van der Waals surface area (Å²) in [5.41, 5.74) is -0.658. The molecule has 0 saturated heterocycles. The van der Waals surface area contributed by atoms with Gasteiger partial charge in [-0.25, -0.2) is 12.7 Å². The molecule has 0 atom stereocenters. The van der Waals surface area contributed by atoms with Crippen LogP contribution in [0.1, 0.15) is 41.8 Å². The standard InChI is InChI=1S/C14H20N2O6S/c1-9-10(7-12(22-9)23(20,21)16(2)3)13(19)15-14(5-4-6-14)8-11(17)18/h7H,4-6,8H2,1-3H3,(H,15,19)(H,17,18). The second-order valence-electron chi connectivity index (χ2n) is 5.98. The van der Waals surface area contributed by atoms with Gasteiger partial charge in [-0.2, -0.15) is 0 Å². The molecule has 1 aromatic heterocycles. The molecule has 1 aliphatic rings. The molecule has 0 aromatic carbocycles. The Morgan fingerprint density at radius 1 is 1.39 bits per heavy atom. The first-order valence-electron chi connectivity index (χ1n) is 7.15. The molecule has 1 heterocycles. The molecule has 1 fully saturated rings. The molecular formula is C14H20N2O6S. The Morgan fingerprint density at radius 2 is 2.00 bits per heavy atom. The number of carboxylic acids is 1. The summed E-state index contributed by atoms with van der Waals surface area (Å²) in [7, 11) is -1.05. The van der Waals surface area contributed by atoms with Crippen molar-refractivity contribution in [3.8, 4) is 0 Å². The van der Waals surface area contributed by atoms with Gasteiger partial charge in [-0.1, -0.05) is 0 Å². The third kappa shape index (κ3) is 3.40. The molecule has 0 spiro atoms. The number of aryl methyl sites for hydroxylation is 1. The van der Waals surface area contributed by atoms with Crippen LogP contribution >= 0.6 is 0 Å². The fourth-order valence-electron chi connectivity index (χ4n) is 2.53. The van der Waals surface area contributed by atoms with E-state index < -0.39 is 27.4 Å². The highest BCUT2D eigenvalue weighted by atomic mass is 32.2. The Kier molecular flexibility index (Phi) is 4.54. The number of carbonyl (C=O) groups excluding carboxylic acids is 1. The molecule has 1 saturated carbocycles. The van der Waals surface area contributed by atoms with Gasteiger partial charge in [0.15, 0.2) is 0 Å². The summed E-state index contributed by atoms with van der Waals surface area (Å²) in [5.74, 6) is -1.33. The summed E-state index contributed by atoms with van der Waals surface area (Å²) in [4.78, 5) is 23.3. The molecule has 128 valence electrons. The predicted octanol–water partition coefficient (Wildman–Crippen LogP) is 0.966. The monoisotopic (exact) mass is 344 g/mol. The van der Waals surface area contributed by atoms with E-state index in [9.17, 15) is 18.0 Å². The van der Waals surface area contributed by atoms with Gasteiger partial charge in [-0.3, -0.25) is 9.59 Å². The van der Waals surface area contributed by atoms with Crippen molar-refractivity contribution in [3.63, 3.8) is 0 Å². The number of aliphatic carboxylic acids is 1. The SMILES string of the molecule is Cc1oc(S(=O)(=O)N(C)C)cc1C(=O)NC1(CC(=O)O)CCC1. The molecule has 8 nitrogen and oxygen atoms in total. The zero-order chi connectivity index (χ0) is 17.4. The third-order valence-corrected chi connectivity index (χ3v) is 5.72. The number of nitrogens with zero attached hydrogens (tertiary/aromatic N) is 1. The average molecular weight is 344 g/mol. The van der Waals surface area contributed by atoms with E-state index in [4.69, 9.17) is 9.52 Å². The van der Waals surface area contributed by atoms with Crippen LogP contribution in [0.5, 0.6) is 0 Å². The zero-order valence-corrected chi connectivity index (χ0v) is 14.1. The van der Waals surface area contributed by atoms with E-state index in [2.05, 4.69) is 5.32 Å². The quantitative estimate of drug-likeness (QED) is 0.794. The lowest BCUT2D eigenvalue weighted by molar-refractivity contribution is -0.139. The minimum absolute atomic E-state index is 0.0992. The van der Waals surface area contributed by atoms with Crippen LogP contribution < -0.4 is 5.32 Å². The van der Waals surface area contributed by atoms with Crippen molar-refractivity contribution in [1.29, 1.82) is 0 Å². The highest BCUT2D eigenvalue weighted by Gasteiger charge is 2.41. The van der Waals surface area contributed by atoms with Crippen LogP contribution in [0.25, 0.3) is 0 Å². The maximum absolute atomic E-state index is 12.4. The van der Waals surface area contributed by atoms with Crippen molar-refractivity contribution in [3.05, 3.63) is 17.4 Å². The number of rotatable bonds is 6. The summed E-state index contributed by atoms with van der Waals surface area (Å²) in [5, 5.41) is 11.4. The number of hydrogen-bond donors (Lipinski definition) is 2. The van der Waals surface area contributed by atoms with E-state index in [1.165, 1.54) is 27.1 Å². The zero-order valence-electron chi connectivity index (χ0n) is 13.2. The van der Waals surface area contributed by atoms with Crippen molar-refractivity contribution >= 4 is 21.9 Å². The molecule has 0 aliphatic heterocycles. The van der Waals surface area contributed by atoms with Crippen molar-refractivity contribution in [1.82, 2.24) is 9.62 Å². The van der Waals surface area contributed by atoms with Crippen LogP contribution in [0, 0.1) is 6.92 Å². The van der Waals surface area contributed by atoms with Gasteiger partial charge in [-0.05, 0) is 26.2 Å². The Balaban J connectivity index is 2.24. The van der Waals surface area contributed by atoms with Crippen LogP contribution in [0.3, 0.4) is 0 Å². The molecule has 23 heavy (non-hydrogen) atoms. The molecule has 2 rings (SSSR count). The normalized spacial score (nSPS) is 16.9. The Bertz CT molecular complexity index is 730. The fourth-order valence-corrected chi connectivity index (χ4v) is 3.39. The van der Waals surface area contributed by atoms with E-state index in [1.807, 2.05) is 0 Å². The smallest absolute Gasteiger partial charge is 0.305 e. The van der Waals surface area contributed by atoms with E-state index in [0.717, 1.165) is 10.7 Å². The number of sulfonamides is 1. The van der Waals surface area contributed by atoms with Gasteiger partial charge in [0.25, 0.3) is 15.9 Å². The predicted molar refractivity (Wildman–Crippen MR) is 80.6 cm³/mol. The van der Waals surface area contributed by atoms with Crippen LogP contribution in [0.15, 0.2) is 15.6 Å². The second-order valence-corrected chi connectivity index (χ2v) is 8.06. The van der Waals surface area contributed by atoms with Crippen LogP contribution in [0.2, 0.25) is 0 Å². The fraction of sp³-hybridized carbons (Fsp3) is 0.571. The molecule has 1 amide bonds. The highest BCUT2D eigenvalue weighted by Crippen LogP contribution is 2.35. The van der Waals surface area contributed by atoms with Gasteiger partial charge < -0.3 is 14.8 Å². The maximum atomic E-state index is 12.4. The van der Waals surface area contributed by atoms with Crippen LogP contribution in [0.4, 0.5) is 0 Å². The van der Waals surface area contributed by atoms with Gasteiger partial charge in [0.1, 0.15) is 5.76 Å². The second kappa shape index (κ2) is 5.97. The van der Waals surface area contributed by atoms with E-state index in [0.29, 0.717) is 12.8 Å². The largest absolute Gasteiger partial charge is 0.481 e. The molecule has 1 aromatic rings. The Morgan fingerprint density at radius 3 is 2.43 bits per heavy atom. The first-order valence-corrected chi connectivity index (χ1v) is 8.59. The molecular weight excluding hydrogens is 324 g/mol. The number of amides is 1. The molecule has 0 unspecified atom stereocenters. The summed E-state index contributed by atoms with van der Waals surface area (Å²) in [6, 6.07) is 1.17. The van der Waals surface area contributed by atoms with E-state index in [-0.39, 0.29) is 22.8 Å². The van der Waals surface area contributed by atoms with Crippen molar-refractivity contribution in [2.45, 2.75) is 43.2 Å². The minimum atomic E-state index is -3.77. The third-order valence-electron chi connectivity index (χ3n) is 4.05. The number of carbonyl (C=O) groups is 2. The average Bonchev–Trinajstić information content (AvgIpc) is 2.78. The van der Waals surface area contributed by atoms with Crippen LogP contribution in [-0.2, 0) is 14.8 Å². The summed E-state index contributed by atoms with van der Waals surface area (Å²) in [6.45, 7) is 1.49. The van der Waals surface area contributed by atoms with Gasteiger partial charge in [-0.15, -0.1) is 0 Å². The summed E-state index contributed by atoms with van der Waals surface area (Å²) in [6.07, 6.45) is 1.87. The van der Waals surface area contributed by atoms with Crippen molar-refractivity contribution in [2.75, 3.05) is 14.1 Å². The minimum Gasteiger partial charge on any atom is -0.481 e. The molecule has 0 bridgehead atoms. The summed E-state index contributed by atoms with van der Waals surface area (Å²) < 4.78 is 30.3. The molecule has 1 aliphatic carbocycles. The highest BCUT2D eigenvalue weighted by molar-refractivity contribution is 7.88. The van der Waals surface area contributed by atoms with Crippen molar-refractivity contribution < 1.29 is 27.5 Å². The van der Waals surface area contributed by atoms with Crippen LogP contribution in [-0.4, -0.2) is 49.3 Å². The Labute approximate surface area is 134 Å². The number of nitrogens with one attached hydrogen (secondary N) is 1. The lowest BCUT2D eigenvalue weighted by Gasteiger charge is -2.41. The topological polar surface area (TPSA) is 117 Å². The number of carboxylic acid groups (broad SMARTS) is 1. The van der Waals surface area contributed by atoms with Gasteiger partial charge in [0.2, 0.25) is 5.09 Å². The first kappa shape index (κ1) is 17.5. The molecule has 9 heteroatoms. The molecule has 2 N–H and O–H groups in total. The van der Waals surface area contributed by atoms with E-state index in [1.54, 1.807) is 0 Å². The van der Waals surface area contributed by atoms with E-state index >= 15 is 0 Å². The number of hydrogen-bond acceptors (Lipinski definition) is 5. The number of furan rings is 1. The van der Waals surface area contributed by atoms with Gasteiger partial charge in [0.05, 0.1) is 17.5 Å². The summed E-state index contributed by atoms with van der Waals surface area (Å²) >= 11 is 0. The van der Waals surface area contributed by atoms with Crippen molar-refractivity contribution in [2.24, 2.45) is 0 Å². The van der Waals surface area contributed by atoms with Gasteiger partial charge in [0, 0.05) is 20.2 Å². The molecule has 0 radical (unpaired) electrons. The lowest BCUT2D eigenvalue weighted by Crippen LogP contribution is -2.54. The van der Waals surface area contributed by atoms with Gasteiger partial charge >= 0.3 is 5.97 Å². The lowest BCUT2D eigenvalue weighted by atomic mass is 9.74. The maximum Gasteiger partial charge on any atom is 0.305 e. The first-order chi connectivity index (χ1) is 10.6.